The number of ketones is 1. The number of fused-ring (bicyclic) bond motifs is 3. The van der Waals surface area contributed by atoms with Gasteiger partial charge in [0.15, 0.2) is 5.78 Å². The summed E-state index contributed by atoms with van der Waals surface area (Å²) in [6.07, 6.45) is 5.97. The number of benzene rings is 1. The second-order valence-corrected chi connectivity index (χ2v) is 5.24. The fourth-order valence-electron chi connectivity index (χ4n) is 3.02. The Morgan fingerprint density at radius 2 is 1.88 bits per heavy atom. The lowest BCUT2D eigenvalue weighted by Crippen LogP contribution is -2.29. The number of carbonyl (C=O) groups excluding carboxylic acids is 1. The highest BCUT2D eigenvalue weighted by Crippen LogP contribution is 2.49. The third-order valence-electron chi connectivity index (χ3n) is 4.13. The highest BCUT2D eigenvalue weighted by molar-refractivity contribution is 6.00. The Morgan fingerprint density at radius 3 is 2.75 bits per heavy atom. The van der Waals surface area contributed by atoms with Crippen molar-refractivity contribution in [3.05, 3.63) is 41.5 Å². The fourth-order valence-corrected chi connectivity index (χ4v) is 3.02. The molecule has 0 amide bonds. The van der Waals surface area contributed by atoms with Crippen molar-refractivity contribution < 1.29 is 4.79 Å². The van der Waals surface area contributed by atoms with E-state index in [1.807, 2.05) is 6.08 Å². The van der Waals surface area contributed by atoms with Gasteiger partial charge in [-0.25, -0.2) is 0 Å². The maximum atomic E-state index is 11.6. The van der Waals surface area contributed by atoms with Crippen LogP contribution >= 0.6 is 0 Å². The Balaban J connectivity index is 2.20. The zero-order chi connectivity index (χ0) is 11.2. The van der Waals surface area contributed by atoms with Crippen molar-refractivity contribution in [1.29, 1.82) is 0 Å². The molecule has 1 nitrogen and oxygen atoms in total. The number of allylic oxidation sites excluding steroid dienone is 2. The van der Waals surface area contributed by atoms with E-state index in [9.17, 15) is 4.79 Å². The van der Waals surface area contributed by atoms with Crippen molar-refractivity contribution in [2.75, 3.05) is 0 Å². The van der Waals surface area contributed by atoms with E-state index in [1.54, 1.807) is 0 Å². The quantitative estimate of drug-likeness (QED) is 0.644. The monoisotopic (exact) mass is 212 g/mol. The molecule has 0 heterocycles. The van der Waals surface area contributed by atoms with Crippen molar-refractivity contribution in [2.24, 2.45) is 5.41 Å². The van der Waals surface area contributed by atoms with Crippen molar-refractivity contribution in [2.45, 2.75) is 32.6 Å². The van der Waals surface area contributed by atoms with E-state index in [2.05, 4.69) is 31.2 Å². The summed E-state index contributed by atoms with van der Waals surface area (Å²) < 4.78 is 0. The van der Waals surface area contributed by atoms with Crippen LogP contribution in [0.3, 0.4) is 0 Å². The minimum atomic E-state index is 0.238. The van der Waals surface area contributed by atoms with Crippen LogP contribution in [-0.4, -0.2) is 5.78 Å². The van der Waals surface area contributed by atoms with Crippen LogP contribution in [0, 0.1) is 5.41 Å². The molecule has 0 radical (unpaired) electrons. The molecule has 0 saturated carbocycles. The first-order chi connectivity index (χ1) is 7.69. The largest absolute Gasteiger partial charge is 0.295 e. The Labute approximate surface area is 96.2 Å². The molecule has 0 aliphatic heterocycles. The molecule has 0 aromatic heterocycles. The number of hydrogen-bond donors (Lipinski definition) is 0. The van der Waals surface area contributed by atoms with Gasteiger partial charge in [-0.3, -0.25) is 4.79 Å². The van der Waals surface area contributed by atoms with E-state index in [4.69, 9.17) is 0 Å². The van der Waals surface area contributed by atoms with Gasteiger partial charge in [-0.1, -0.05) is 31.2 Å². The lowest BCUT2D eigenvalue weighted by molar-refractivity contribution is -0.115. The molecule has 0 N–H and O–H groups in total. The predicted molar refractivity (Wildman–Crippen MR) is 65.1 cm³/mol. The van der Waals surface area contributed by atoms with E-state index in [-0.39, 0.29) is 5.41 Å². The Bertz CT molecular complexity index is 484. The van der Waals surface area contributed by atoms with Gasteiger partial charge in [0.05, 0.1) is 0 Å². The van der Waals surface area contributed by atoms with Crippen molar-refractivity contribution in [1.82, 2.24) is 0 Å². The van der Waals surface area contributed by atoms with Crippen LogP contribution in [0.15, 0.2) is 30.3 Å². The molecule has 0 spiro atoms. The summed E-state index contributed by atoms with van der Waals surface area (Å²) in [5, 5.41) is 0. The van der Waals surface area contributed by atoms with E-state index in [0.717, 1.165) is 19.3 Å². The third kappa shape index (κ3) is 1.35. The van der Waals surface area contributed by atoms with Crippen molar-refractivity contribution >= 4 is 11.4 Å². The topological polar surface area (TPSA) is 17.1 Å². The first-order valence-corrected chi connectivity index (χ1v) is 6.02. The molecule has 2 aliphatic carbocycles. The van der Waals surface area contributed by atoms with Gasteiger partial charge in [-0.05, 0) is 47.5 Å². The summed E-state index contributed by atoms with van der Waals surface area (Å²) in [7, 11) is 0. The van der Waals surface area contributed by atoms with Crippen LogP contribution < -0.4 is 0 Å². The van der Waals surface area contributed by atoms with Crippen LogP contribution in [0.5, 0.6) is 0 Å². The van der Waals surface area contributed by atoms with Gasteiger partial charge in [-0.2, -0.15) is 0 Å². The van der Waals surface area contributed by atoms with Crippen LogP contribution in [0.4, 0.5) is 0 Å². The van der Waals surface area contributed by atoms with Crippen LogP contribution in [0.25, 0.3) is 5.57 Å². The number of carbonyl (C=O) groups is 1. The maximum Gasteiger partial charge on any atom is 0.156 e. The van der Waals surface area contributed by atoms with Gasteiger partial charge in [0.25, 0.3) is 0 Å². The smallest absolute Gasteiger partial charge is 0.156 e. The molecule has 0 saturated heterocycles. The number of hydrogen-bond acceptors (Lipinski definition) is 1. The van der Waals surface area contributed by atoms with E-state index >= 15 is 0 Å². The van der Waals surface area contributed by atoms with Gasteiger partial charge < -0.3 is 0 Å². The highest BCUT2D eigenvalue weighted by atomic mass is 16.1. The molecule has 1 heteroatoms. The third-order valence-corrected chi connectivity index (χ3v) is 4.13. The fraction of sp³-hybridized carbons (Fsp3) is 0.400. The van der Waals surface area contributed by atoms with Gasteiger partial charge in [0.1, 0.15) is 0 Å². The summed E-state index contributed by atoms with van der Waals surface area (Å²) in [6, 6.07) is 8.52. The minimum absolute atomic E-state index is 0.238. The molecule has 1 aromatic carbocycles. The number of rotatable bonds is 0. The second kappa shape index (κ2) is 3.31. The summed E-state index contributed by atoms with van der Waals surface area (Å²) in [5.41, 5.74) is 4.23. The molecule has 3 rings (SSSR count). The summed E-state index contributed by atoms with van der Waals surface area (Å²) in [5.74, 6) is 0.296. The molecule has 0 unspecified atom stereocenters. The van der Waals surface area contributed by atoms with Crippen LogP contribution in [0.1, 0.15) is 37.3 Å². The molecule has 16 heavy (non-hydrogen) atoms. The standard InChI is InChI=1S/C15H16O/c1-15-8-6-11-4-2-3-5-13(11)14(15)10-12(16)7-9-15/h2-5,10H,6-9H2,1H3/t15-/m0/s1. The summed E-state index contributed by atoms with van der Waals surface area (Å²) in [6.45, 7) is 2.31. The van der Waals surface area contributed by atoms with Gasteiger partial charge in [0.2, 0.25) is 0 Å². The van der Waals surface area contributed by atoms with Crippen molar-refractivity contribution in [3.8, 4) is 0 Å². The van der Waals surface area contributed by atoms with E-state index < -0.39 is 0 Å². The average molecular weight is 212 g/mol. The van der Waals surface area contributed by atoms with Crippen LogP contribution in [0.2, 0.25) is 0 Å². The van der Waals surface area contributed by atoms with Gasteiger partial charge >= 0.3 is 0 Å². The molecule has 1 aromatic rings. The molecule has 0 fully saturated rings. The zero-order valence-electron chi connectivity index (χ0n) is 9.62. The van der Waals surface area contributed by atoms with Crippen LogP contribution in [-0.2, 0) is 11.2 Å². The van der Waals surface area contributed by atoms with Gasteiger partial charge in [-0.15, -0.1) is 0 Å². The molecule has 1 atom stereocenters. The Kier molecular flexibility index (Phi) is 2.03. The number of aryl methyl sites for hydroxylation is 1. The molecule has 0 bridgehead atoms. The van der Waals surface area contributed by atoms with E-state index in [0.29, 0.717) is 5.78 Å². The SMILES string of the molecule is C[C@]12CCC(=O)C=C1c1ccccc1CC2. The summed E-state index contributed by atoms with van der Waals surface area (Å²) in [4.78, 5) is 11.6. The highest BCUT2D eigenvalue weighted by Gasteiger charge is 2.37. The lowest BCUT2D eigenvalue weighted by Gasteiger charge is -2.40. The molecule has 82 valence electrons. The lowest BCUT2D eigenvalue weighted by atomic mass is 9.64. The average Bonchev–Trinajstić information content (AvgIpc) is 2.31. The molecular weight excluding hydrogens is 196 g/mol. The van der Waals surface area contributed by atoms with E-state index in [1.165, 1.54) is 23.1 Å². The normalized spacial score (nSPS) is 28.1. The second-order valence-electron chi connectivity index (χ2n) is 5.24. The first-order valence-electron chi connectivity index (χ1n) is 6.02. The molecular formula is C15H16O. The van der Waals surface area contributed by atoms with Crippen molar-refractivity contribution in [3.63, 3.8) is 0 Å². The summed E-state index contributed by atoms with van der Waals surface area (Å²) >= 11 is 0. The zero-order valence-corrected chi connectivity index (χ0v) is 9.62. The first kappa shape index (κ1) is 9.83. The molecule has 2 aliphatic rings. The predicted octanol–water partition coefficient (Wildman–Crippen LogP) is 3.39. The van der Waals surface area contributed by atoms with Gasteiger partial charge in [0, 0.05) is 6.42 Å². The maximum absolute atomic E-state index is 11.6. The Hall–Kier alpha value is -1.37. The minimum Gasteiger partial charge on any atom is -0.295 e. The Morgan fingerprint density at radius 1 is 1.12 bits per heavy atom.